The van der Waals surface area contributed by atoms with Gasteiger partial charge in [-0.1, -0.05) is 15.9 Å². The number of thioether (sulfide) groups is 1. The number of rotatable bonds is 3. The Labute approximate surface area is 135 Å². The SMILES string of the molecule is COc1ncc(C2CSc3cc(Br)ccc3N2)nc1OC. The van der Waals surface area contributed by atoms with Gasteiger partial charge in [0.15, 0.2) is 0 Å². The van der Waals surface area contributed by atoms with E-state index in [-0.39, 0.29) is 6.04 Å². The minimum atomic E-state index is 0.0935. The van der Waals surface area contributed by atoms with Crippen LogP contribution in [-0.4, -0.2) is 29.9 Å². The Hall–Kier alpha value is -1.47. The Morgan fingerprint density at radius 1 is 1.29 bits per heavy atom. The number of anilines is 1. The third kappa shape index (κ3) is 2.94. The van der Waals surface area contributed by atoms with E-state index < -0.39 is 0 Å². The van der Waals surface area contributed by atoms with Crippen molar-refractivity contribution >= 4 is 33.4 Å². The minimum absolute atomic E-state index is 0.0935. The topological polar surface area (TPSA) is 56.3 Å². The van der Waals surface area contributed by atoms with E-state index in [1.165, 1.54) is 4.90 Å². The first-order chi connectivity index (χ1) is 10.2. The summed E-state index contributed by atoms with van der Waals surface area (Å²) in [4.78, 5) is 9.96. The monoisotopic (exact) mass is 367 g/mol. The van der Waals surface area contributed by atoms with E-state index in [1.54, 1.807) is 32.2 Å². The van der Waals surface area contributed by atoms with E-state index in [2.05, 4.69) is 43.3 Å². The lowest BCUT2D eigenvalue weighted by molar-refractivity contribution is 0.329. The molecule has 110 valence electrons. The van der Waals surface area contributed by atoms with Crippen molar-refractivity contribution < 1.29 is 9.47 Å². The van der Waals surface area contributed by atoms with Crippen molar-refractivity contribution in [2.24, 2.45) is 0 Å². The van der Waals surface area contributed by atoms with Crippen molar-refractivity contribution in [1.82, 2.24) is 9.97 Å². The summed E-state index contributed by atoms with van der Waals surface area (Å²) in [6.07, 6.45) is 1.73. The Balaban J connectivity index is 1.87. The number of halogens is 1. The molecule has 1 atom stereocenters. The van der Waals surface area contributed by atoms with Crippen molar-refractivity contribution in [3.05, 3.63) is 34.6 Å². The number of methoxy groups -OCH3 is 2. The zero-order chi connectivity index (χ0) is 14.8. The lowest BCUT2D eigenvalue weighted by Crippen LogP contribution is -2.19. The van der Waals surface area contributed by atoms with Crippen LogP contribution in [0.2, 0.25) is 0 Å². The maximum Gasteiger partial charge on any atom is 0.278 e. The average Bonchev–Trinajstić information content (AvgIpc) is 2.53. The molecule has 0 bridgehead atoms. The van der Waals surface area contributed by atoms with Crippen LogP contribution in [0.3, 0.4) is 0 Å². The lowest BCUT2D eigenvalue weighted by atomic mass is 10.2. The van der Waals surface area contributed by atoms with Crippen molar-refractivity contribution in [1.29, 1.82) is 0 Å². The van der Waals surface area contributed by atoms with Crippen LogP contribution >= 0.6 is 27.7 Å². The molecule has 1 aromatic carbocycles. The second-order valence-electron chi connectivity index (χ2n) is 4.46. The summed E-state index contributed by atoms with van der Waals surface area (Å²) in [7, 11) is 3.11. The van der Waals surface area contributed by atoms with Crippen LogP contribution in [0.4, 0.5) is 5.69 Å². The highest BCUT2D eigenvalue weighted by atomic mass is 79.9. The Morgan fingerprint density at radius 3 is 2.86 bits per heavy atom. The van der Waals surface area contributed by atoms with Crippen molar-refractivity contribution in [3.8, 4) is 11.8 Å². The van der Waals surface area contributed by atoms with Gasteiger partial charge >= 0.3 is 0 Å². The van der Waals surface area contributed by atoms with Gasteiger partial charge in [-0.2, -0.15) is 0 Å². The van der Waals surface area contributed by atoms with E-state index in [9.17, 15) is 0 Å². The molecular weight excluding hydrogens is 354 g/mol. The van der Waals surface area contributed by atoms with E-state index in [0.29, 0.717) is 11.8 Å². The van der Waals surface area contributed by atoms with Gasteiger partial charge in [-0.25, -0.2) is 9.97 Å². The molecule has 0 spiro atoms. The number of nitrogens with one attached hydrogen (secondary N) is 1. The van der Waals surface area contributed by atoms with Gasteiger partial charge in [0.25, 0.3) is 11.8 Å². The summed E-state index contributed by atoms with van der Waals surface area (Å²) in [6.45, 7) is 0. The fraction of sp³-hybridized carbons (Fsp3) is 0.286. The number of hydrogen-bond acceptors (Lipinski definition) is 6. The number of nitrogens with zero attached hydrogens (tertiary/aromatic N) is 2. The standard InChI is InChI=1S/C14H14BrN3O2S/c1-19-13-14(20-2)18-10(6-16-13)11-7-21-12-5-8(15)3-4-9(12)17-11/h3-6,11,17H,7H2,1-2H3. The third-order valence-electron chi connectivity index (χ3n) is 3.15. The molecule has 5 nitrogen and oxygen atoms in total. The zero-order valence-electron chi connectivity index (χ0n) is 11.6. The Kier molecular flexibility index (Phi) is 4.21. The summed E-state index contributed by atoms with van der Waals surface area (Å²) < 4.78 is 11.4. The average molecular weight is 368 g/mol. The van der Waals surface area contributed by atoms with Gasteiger partial charge in [-0.3, -0.25) is 0 Å². The van der Waals surface area contributed by atoms with Crippen LogP contribution in [-0.2, 0) is 0 Å². The summed E-state index contributed by atoms with van der Waals surface area (Å²) in [6, 6.07) is 6.29. The summed E-state index contributed by atoms with van der Waals surface area (Å²) in [5, 5.41) is 3.49. The van der Waals surface area contributed by atoms with Crippen molar-refractivity contribution in [3.63, 3.8) is 0 Å². The van der Waals surface area contributed by atoms with Crippen molar-refractivity contribution in [2.75, 3.05) is 25.3 Å². The van der Waals surface area contributed by atoms with Gasteiger partial charge in [0.05, 0.1) is 32.2 Å². The van der Waals surface area contributed by atoms with E-state index >= 15 is 0 Å². The fourth-order valence-electron chi connectivity index (χ4n) is 2.11. The van der Waals surface area contributed by atoms with E-state index in [0.717, 1.165) is 21.6 Å². The largest absolute Gasteiger partial charge is 0.477 e. The quantitative estimate of drug-likeness (QED) is 0.895. The van der Waals surface area contributed by atoms with Crippen LogP contribution in [0.25, 0.3) is 0 Å². The highest BCUT2D eigenvalue weighted by molar-refractivity contribution is 9.10. The first kappa shape index (κ1) is 14.5. The van der Waals surface area contributed by atoms with Crippen LogP contribution < -0.4 is 14.8 Å². The molecule has 1 unspecified atom stereocenters. The van der Waals surface area contributed by atoms with Crippen LogP contribution in [0.1, 0.15) is 11.7 Å². The number of aromatic nitrogens is 2. The molecule has 21 heavy (non-hydrogen) atoms. The number of fused-ring (bicyclic) bond motifs is 1. The molecule has 1 aliphatic rings. The van der Waals surface area contributed by atoms with Gasteiger partial charge in [-0.15, -0.1) is 11.8 Å². The van der Waals surface area contributed by atoms with Gasteiger partial charge in [0.2, 0.25) is 0 Å². The molecule has 0 radical (unpaired) electrons. The second kappa shape index (κ2) is 6.11. The van der Waals surface area contributed by atoms with Gasteiger partial charge in [0.1, 0.15) is 0 Å². The van der Waals surface area contributed by atoms with Gasteiger partial charge in [0, 0.05) is 20.8 Å². The summed E-state index contributed by atoms with van der Waals surface area (Å²) in [5.74, 6) is 1.69. The summed E-state index contributed by atoms with van der Waals surface area (Å²) in [5.41, 5.74) is 1.95. The first-order valence-corrected chi connectivity index (χ1v) is 8.13. The molecule has 0 saturated carbocycles. The highest BCUT2D eigenvalue weighted by Crippen LogP contribution is 2.39. The Bertz CT molecular complexity index is 669. The molecule has 7 heteroatoms. The predicted octanol–water partition coefficient (Wildman–Crippen LogP) is 3.52. The molecule has 3 rings (SSSR count). The zero-order valence-corrected chi connectivity index (χ0v) is 14.0. The second-order valence-corrected chi connectivity index (χ2v) is 6.44. The number of ether oxygens (including phenoxy) is 2. The smallest absolute Gasteiger partial charge is 0.278 e. The third-order valence-corrected chi connectivity index (χ3v) is 4.79. The van der Waals surface area contributed by atoms with Gasteiger partial charge < -0.3 is 14.8 Å². The Morgan fingerprint density at radius 2 is 2.10 bits per heavy atom. The van der Waals surface area contributed by atoms with Crippen LogP contribution in [0, 0.1) is 0 Å². The number of benzene rings is 1. The van der Waals surface area contributed by atoms with E-state index in [1.807, 2.05) is 6.07 Å². The molecular formula is C14H14BrN3O2S. The molecule has 0 fully saturated rings. The molecule has 0 aliphatic carbocycles. The number of hydrogen-bond donors (Lipinski definition) is 1. The predicted molar refractivity (Wildman–Crippen MR) is 86.4 cm³/mol. The molecule has 0 saturated heterocycles. The van der Waals surface area contributed by atoms with Crippen LogP contribution in [0.15, 0.2) is 33.8 Å². The lowest BCUT2D eigenvalue weighted by Gasteiger charge is -2.26. The minimum Gasteiger partial charge on any atom is -0.477 e. The molecule has 1 aliphatic heterocycles. The highest BCUT2D eigenvalue weighted by Gasteiger charge is 2.22. The molecule has 1 aromatic heterocycles. The molecule has 1 N–H and O–H groups in total. The molecule has 2 aromatic rings. The van der Waals surface area contributed by atoms with Crippen LogP contribution in [0.5, 0.6) is 11.8 Å². The fourth-order valence-corrected chi connectivity index (χ4v) is 3.72. The van der Waals surface area contributed by atoms with E-state index in [4.69, 9.17) is 9.47 Å². The van der Waals surface area contributed by atoms with Gasteiger partial charge in [-0.05, 0) is 18.2 Å². The first-order valence-electron chi connectivity index (χ1n) is 6.35. The maximum absolute atomic E-state index is 5.21. The molecule has 0 amide bonds. The maximum atomic E-state index is 5.21. The summed E-state index contributed by atoms with van der Waals surface area (Å²) >= 11 is 5.29. The van der Waals surface area contributed by atoms with Crippen molar-refractivity contribution in [2.45, 2.75) is 10.9 Å². The molecule has 2 heterocycles. The normalized spacial score (nSPS) is 16.8.